The van der Waals surface area contributed by atoms with Gasteiger partial charge in [0.25, 0.3) is 0 Å². The molecule has 3 heteroatoms. The molecule has 0 aliphatic rings. The van der Waals surface area contributed by atoms with Gasteiger partial charge in [-0.25, -0.2) is 0 Å². The van der Waals surface area contributed by atoms with E-state index < -0.39 is 0 Å². The second kappa shape index (κ2) is 9.76. The van der Waals surface area contributed by atoms with Crippen molar-refractivity contribution < 1.29 is 4.79 Å². The van der Waals surface area contributed by atoms with Crippen LogP contribution in [0.25, 0.3) is 0 Å². The molecular formula is C17H28BNO. The SMILES string of the molecule is CN(C)C.[B]CC(=O)C(C)c1ccc(CC(C)C)cc1. The monoisotopic (exact) mass is 273 g/mol. The highest BCUT2D eigenvalue weighted by Gasteiger charge is 2.12. The van der Waals surface area contributed by atoms with E-state index in [0.717, 1.165) is 12.0 Å². The molecule has 2 nitrogen and oxygen atoms in total. The average molecular weight is 273 g/mol. The lowest BCUT2D eigenvalue weighted by Gasteiger charge is -2.11. The Morgan fingerprint density at radius 3 is 1.90 bits per heavy atom. The van der Waals surface area contributed by atoms with Crippen molar-refractivity contribution in [1.82, 2.24) is 4.90 Å². The molecule has 0 aliphatic carbocycles. The van der Waals surface area contributed by atoms with Gasteiger partial charge in [-0.2, -0.15) is 0 Å². The number of hydrogen-bond donors (Lipinski definition) is 0. The van der Waals surface area contributed by atoms with Gasteiger partial charge in [0, 0.05) is 5.92 Å². The molecule has 110 valence electrons. The molecular weight excluding hydrogens is 245 g/mol. The van der Waals surface area contributed by atoms with Crippen LogP contribution in [-0.4, -0.2) is 39.7 Å². The predicted molar refractivity (Wildman–Crippen MR) is 88.6 cm³/mol. The standard InChI is InChI=1S/C14H19BO.C3H9N/c1-10(2)8-12-4-6-13(7-5-12)11(3)14(16)9-15;1-4(2)3/h4-7,10-11H,8-9H2,1-3H3;1-3H3. The molecule has 0 spiro atoms. The summed E-state index contributed by atoms with van der Waals surface area (Å²) in [7, 11) is 11.4. The van der Waals surface area contributed by atoms with Gasteiger partial charge >= 0.3 is 0 Å². The third-order valence-corrected chi connectivity index (χ3v) is 2.81. The van der Waals surface area contributed by atoms with Crippen LogP contribution in [0.1, 0.15) is 37.8 Å². The maximum atomic E-state index is 11.4. The first-order valence-corrected chi connectivity index (χ1v) is 7.20. The minimum absolute atomic E-state index is 0.0851. The first kappa shape index (κ1) is 18.9. The van der Waals surface area contributed by atoms with Crippen LogP contribution < -0.4 is 0 Å². The van der Waals surface area contributed by atoms with Gasteiger partial charge in [-0.05, 0) is 50.9 Å². The van der Waals surface area contributed by atoms with Crippen molar-refractivity contribution in [3.8, 4) is 0 Å². The van der Waals surface area contributed by atoms with E-state index in [0.29, 0.717) is 5.92 Å². The molecule has 1 atom stereocenters. The van der Waals surface area contributed by atoms with Gasteiger partial charge < -0.3 is 4.90 Å². The molecule has 0 saturated heterocycles. The molecule has 1 unspecified atom stereocenters. The molecule has 0 amide bonds. The lowest BCUT2D eigenvalue weighted by Crippen LogP contribution is -2.08. The minimum atomic E-state index is -0.0851. The molecule has 2 radical (unpaired) electrons. The van der Waals surface area contributed by atoms with Crippen LogP contribution in [0.2, 0.25) is 6.32 Å². The summed E-state index contributed by atoms with van der Waals surface area (Å²) < 4.78 is 0. The third kappa shape index (κ3) is 8.16. The maximum Gasteiger partial charge on any atom is 0.131 e. The van der Waals surface area contributed by atoms with Crippen LogP contribution in [0.3, 0.4) is 0 Å². The van der Waals surface area contributed by atoms with Crippen LogP contribution in [-0.2, 0) is 11.2 Å². The smallest absolute Gasteiger partial charge is 0.131 e. The van der Waals surface area contributed by atoms with Gasteiger partial charge in [0.2, 0.25) is 0 Å². The van der Waals surface area contributed by atoms with Gasteiger partial charge in [-0.3, -0.25) is 4.79 Å². The average Bonchev–Trinajstić information content (AvgIpc) is 2.36. The summed E-state index contributed by atoms with van der Waals surface area (Å²) in [5.74, 6) is 0.670. The van der Waals surface area contributed by atoms with Gasteiger partial charge in [0.1, 0.15) is 5.78 Å². The van der Waals surface area contributed by atoms with Gasteiger partial charge in [0.15, 0.2) is 0 Å². The zero-order valence-corrected chi connectivity index (χ0v) is 13.8. The number of benzene rings is 1. The number of nitrogens with zero attached hydrogens (tertiary/aromatic N) is 1. The molecule has 0 bridgehead atoms. The van der Waals surface area contributed by atoms with E-state index in [1.165, 1.54) is 5.56 Å². The zero-order chi connectivity index (χ0) is 15.7. The molecule has 0 fully saturated rings. The van der Waals surface area contributed by atoms with Crippen LogP contribution in [0.15, 0.2) is 24.3 Å². The quantitative estimate of drug-likeness (QED) is 0.767. The minimum Gasteiger partial charge on any atom is -0.312 e. The Labute approximate surface area is 126 Å². The molecule has 1 aromatic rings. The highest BCUT2D eigenvalue weighted by Crippen LogP contribution is 2.19. The van der Waals surface area contributed by atoms with Crippen molar-refractivity contribution in [2.75, 3.05) is 21.1 Å². The van der Waals surface area contributed by atoms with Crippen molar-refractivity contribution in [2.45, 2.75) is 39.4 Å². The number of Topliss-reactive ketones (excluding diaryl/α,β-unsaturated/α-hetero) is 1. The van der Waals surface area contributed by atoms with Gasteiger partial charge in [-0.15, -0.1) is 0 Å². The fourth-order valence-corrected chi connectivity index (χ4v) is 1.78. The number of carbonyl (C=O) groups excluding carboxylic acids is 1. The normalized spacial score (nSPS) is 12.0. The lowest BCUT2D eigenvalue weighted by atomic mass is 9.87. The Morgan fingerprint density at radius 2 is 1.55 bits per heavy atom. The molecule has 0 heterocycles. The van der Waals surface area contributed by atoms with E-state index in [1.807, 2.05) is 45.1 Å². The van der Waals surface area contributed by atoms with E-state index in [-0.39, 0.29) is 18.0 Å². The highest BCUT2D eigenvalue weighted by molar-refractivity contribution is 6.21. The Balaban J connectivity index is 0.000000796. The summed E-state index contributed by atoms with van der Waals surface area (Å²) in [5.41, 5.74) is 2.38. The van der Waals surface area contributed by atoms with Crippen molar-refractivity contribution in [1.29, 1.82) is 0 Å². The van der Waals surface area contributed by atoms with E-state index in [1.54, 1.807) is 0 Å². The Hall–Kier alpha value is -1.09. The van der Waals surface area contributed by atoms with Crippen LogP contribution in [0, 0.1) is 5.92 Å². The molecule has 1 rings (SSSR count). The first-order chi connectivity index (χ1) is 9.27. The first-order valence-electron chi connectivity index (χ1n) is 7.20. The van der Waals surface area contributed by atoms with E-state index in [9.17, 15) is 4.79 Å². The van der Waals surface area contributed by atoms with Gasteiger partial charge in [0.05, 0.1) is 7.85 Å². The second-order valence-electron chi connectivity index (χ2n) is 6.07. The summed E-state index contributed by atoms with van der Waals surface area (Å²) >= 11 is 0. The summed E-state index contributed by atoms with van der Waals surface area (Å²) in [4.78, 5) is 13.4. The van der Waals surface area contributed by atoms with Crippen molar-refractivity contribution in [2.24, 2.45) is 5.92 Å². The molecule has 0 aliphatic heterocycles. The zero-order valence-electron chi connectivity index (χ0n) is 13.8. The number of rotatable bonds is 5. The summed E-state index contributed by atoms with van der Waals surface area (Å²) in [6.45, 7) is 6.32. The van der Waals surface area contributed by atoms with E-state index >= 15 is 0 Å². The predicted octanol–water partition coefficient (Wildman–Crippen LogP) is 3.32. The summed E-state index contributed by atoms with van der Waals surface area (Å²) in [5, 5.41) is 0. The van der Waals surface area contributed by atoms with E-state index in [2.05, 4.69) is 26.0 Å². The summed E-state index contributed by atoms with van der Waals surface area (Å²) in [6, 6.07) is 8.29. The largest absolute Gasteiger partial charge is 0.312 e. The van der Waals surface area contributed by atoms with Crippen LogP contribution in [0.4, 0.5) is 0 Å². The van der Waals surface area contributed by atoms with Crippen LogP contribution >= 0.6 is 0 Å². The molecule has 20 heavy (non-hydrogen) atoms. The molecule has 0 N–H and O–H groups in total. The summed E-state index contributed by atoms with van der Waals surface area (Å²) in [6.07, 6.45) is 1.20. The lowest BCUT2D eigenvalue weighted by molar-refractivity contribution is -0.118. The van der Waals surface area contributed by atoms with Crippen molar-refractivity contribution in [3.63, 3.8) is 0 Å². The molecule has 1 aromatic carbocycles. The fourth-order valence-electron chi connectivity index (χ4n) is 1.78. The highest BCUT2D eigenvalue weighted by atomic mass is 16.1. The number of hydrogen-bond acceptors (Lipinski definition) is 2. The van der Waals surface area contributed by atoms with Gasteiger partial charge in [-0.1, -0.05) is 45.0 Å². The van der Waals surface area contributed by atoms with Crippen molar-refractivity contribution >= 4 is 13.6 Å². The number of ketones is 1. The van der Waals surface area contributed by atoms with Crippen molar-refractivity contribution in [3.05, 3.63) is 35.4 Å². The Morgan fingerprint density at radius 1 is 1.10 bits per heavy atom. The Bertz CT molecular complexity index is 382. The third-order valence-electron chi connectivity index (χ3n) is 2.81. The number of carbonyl (C=O) groups is 1. The Kier molecular flexibility index (Phi) is 9.23. The van der Waals surface area contributed by atoms with Crippen LogP contribution in [0.5, 0.6) is 0 Å². The van der Waals surface area contributed by atoms with E-state index in [4.69, 9.17) is 7.85 Å². The maximum absolute atomic E-state index is 11.4. The second-order valence-corrected chi connectivity index (χ2v) is 6.07. The topological polar surface area (TPSA) is 20.3 Å². The fraction of sp³-hybridized carbons (Fsp3) is 0.588. The molecule has 0 aromatic heterocycles. The molecule has 0 saturated carbocycles.